The summed E-state index contributed by atoms with van der Waals surface area (Å²) >= 11 is 0. The van der Waals surface area contributed by atoms with Gasteiger partial charge in [0.05, 0.1) is 0 Å². The summed E-state index contributed by atoms with van der Waals surface area (Å²) in [4.78, 5) is 17.7. The second-order valence-corrected chi connectivity index (χ2v) is 6.02. The third kappa shape index (κ3) is 7.93. The van der Waals surface area contributed by atoms with Gasteiger partial charge in [-0.15, -0.1) is 0 Å². The normalized spacial score (nSPS) is 16.0. The molecule has 1 fully saturated rings. The number of guanidine groups is 1. The molecule has 1 saturated carbocycles. The minimum Gasteiger partial charge on any atom is -0.357 e. The fourth-order valence-corrected chi connectivity index (χ4v) is 2.72. The number of hydrogen-bond donors (Lipinski definition) is 2. The van der Waals surface area contributed by atoms with Crippen molar-refractivity contribution in [2.45, 2.75) is 51.9 Å². The van der Waals surface area contributed by atoms with Crippen molar-refractivity contribution in [1.82, 2.24) is 15.5 Å². The van der Waals surface area contributed by atoms with Gasteiger partial charge in [0.25, 0.3) is 0 Å². The van der Waals surface area contributed by atoms with Crippen LogP contribution in [0, 0.1) is 5.92 Å². The second-order valence-electron chi connectivity index (χ2n) is 6.02. The number of hydrogen-bond acceptors (Lipinski definition) is 2. The lowest BCUT2D eigenvalue weighted by atomic mass is 10.0. The maximum Gasteiger partial charge on any atom is 0.223 e. The van der Waals surface area contributed by atoms with Gasteiger partial charge in [-0.25, -0.2) is 0 Å². The van der Waals surface area contributed by atoms with E-state index in [0.29, 0.717) is 13.0 Å². The Bertz CT molecular complexity index is 322. The molecule has 0 saturated heterocycles. The molecule has 0 spiro atoms. The van der Waals surface area contributed by atoms with Crippen molar-refractivity contribution in [3.63, 3.8) is 0 Å². The Hall–Kier alpha value is -1.26. The second kappa shape index (κ2) is 10.5. The van der Waals surface area contributed by atoms with Crippen LogP contribution < -0.4 is 10.6 Å². The van der Waals surface area contributed by atoms with Gasteiger partial charge < -0.3 is 15.5 Å². The van der Waals surface area contributed by atoms with Crippen LogP contribution in [-0.2, 0) is 4.79 Å². The summed E-state index contributed by atoms with van der Waals surface area (Å²) in [6.07, 6.45) is 8.62. The fraction of sp³-hybridized carbons (Fsp3) is 0.875. The fourth-order valence-electron chi connectivity index (χ4n) is 2.72. The minimum absolute atomic E-state index is 0.139. The molecule has 0 aliphatic heterocycles. The molecule has 0 heterocycles. The molecule has 122 valence electrons. The Morgan fingerprint density at radius 1 is 1.24 bits per heavy atom. The lowest BCUT2D eigenvalue weighted by Crippen LogP contribution is -2.39. The first-order valence-electron chi connectivity index (χ1n) is 8.35. The largest absolute Gasteiger partial charge is 0.357 e. The Morgan fingerprint density at radius 2 is 1.95 bits per heavy atom. The average molecular weight is 296 g/mol. The molecule has 0 radical (unpaired) electrons. The van der Waals surface area contributed by atoms with Crippen LogP contribution in [0.25, 0.3) is 0 Å². The van der Waals surface area contributed by atoms with Crippen molar-refractivity contribution in [3.8, 4) is 0 Å². The van der Waals surface area contributed by atoms with Crippen LogP contribution in [0.2, 0.25) is 0 Å². The third-order valence-electron chi connectivity index (χ3n) is 3.99. The molecule has 1 aliphatic rings. The lowest BCUT2D eigenvalue weighted by molar-refractivity contribution is -0.128. The molecule has 1 rings (SSSR count). The van der Waals surface area contributed by atoms with E-state index in [-0.39, 0.29) is 5.91 Å². The zero-order valence-corrected chi connectivity index (χ0v) is 14.0. The maximum atomic E-state index is 11.5. The Kier molecular flexibility index (Phi) is 8.87. The number of amides is 1. The molecule has 2 N–H and O–H groups in total. The van der Waals surface area contributed by atoms with Crippen LogP contribution in [0.1, 0.15) is 51.9 Å². The van der Waals surface area contributed by atoms with E-state index in [0.717, 1.165) is 31.4 Å². The molecular weight excluding hydrogens is 264 g/mol. The van der Waals surface area contributed by atoms with Gasteiger partial charge in [0.2, 0.25) is 5.91 Å². The molecule has 0 unspecified atom stereocenters. The molecule has 0 aromatic rings. The van der Waals surface area contributed by atoms with E-state index in [9.17, 15) is 4.79 Å². The van der Waals surface area contributed by atoms with Gasteiger partial charge >= 0.3 is 0 Å². The quantitative estimate of drug-likeness (QED) is 0.409. The summed E-state index contributed by atoms with van der Waals surface area (Å²) in [5.41, 5.74) is 0. The van der Waals surface area contributed by atoms with Crippen LogP contribution in [-0.4, -0.2) is 50.5 Å². The highest BCUT2D eigenvalue weighted by Gasteiger charge is 2.13. The third-order valence-corrected chi connectivity index (χ3v) is 3.99. The zero-order valence-electron chi connectivity index (χ0n) is 14.0. The number of rotatable bonds is 8. The van der Waals surface area contributed by atoms with E-state index in [1.54, 1.807) is 19.0 Å². The van der Waals surface area contributed by atoms with Crippen LogP contribution in [0.3, 0.4) is 0 Å². The van der Waals surface area contributed by atoms with Crippen LogP contribution in [0.5, 0.6) is 0 Å². The molecule has 0 aromatic heterocycles. The van der Waals surface area contributed by atoms with Crippen molar-refractivity contribution >= 4 is 11.9 Å². The maximum absolute atomic E-state index is 11.5. The monoisotopic (exact) mass is 296 g/mol. The number of aliphatic imine (C=N–C) groups is 1. The standard InChI is InChI=1S/C16H32N4O/c1-4-17-16(19-13-11-15(21)20(2)3)18-12-7-10-14-8-5-6-9-14/h14H,4-13H2,1-3H3,(H2,17,18,19). The van der Waals surface area contributed by atoms with Crippen LogP contribution >= 0.6 is 0 Å². The first-order chi connectivity index (χ1) is 10.1. The van der Waals surface area contributed by atoms with Gasteiger partial charge in [0.1, 0.15) is 0 Å². The SMILES string of the molecule is CCNC(=NCCCC1CCCC1)NCCC(=O)N(C)C. The summed E-state index contributed by atoms with van der Waals surface area (Å²) in [7, 11) is 3.56. The van der Waals surface area contributed by atoms with E-state index >= 15 is 0 Å². The Balaban J connectivity index is 2.20. The van der Waals surface area contributed by atoms with Crippen molar-refractivity contribution in [2.24, 2.45) is 10.9 Å². The summed E-state index contributed by atoms with van der Waals surface area (Å²) in [6, 6.07) is 0. The van der Waals surface area contributed by atoms with E-state index < -0.39 is 0 Å². The molecule has 0 atom stereocenters. The predicted molar refractivity (Wildman–Crippen MR) is 88.5 cm³/mol. The molecule has 5 heteroatoms. The van der Waals surface area contributed by atoms with Gasteiger partial charge in [-0.2, -0.15) is 0 Å². The van der Waals surface area contributed by atoms with Crippen molar-refractivity contribution in [3.05, 3.63) is 0 Å². The number of carbonyl (C=O) groups excluding carboxylic acids is 1. The average Bonchev–Trinajstić information content (AvgIpc) is 2.96. The Morgan fingerprint density at radius 3 is 2.57 bits per heavy atom. The molecule has 0 bridgehead atoms. The van der Waals surface area contributed by atoms with Gasteiger partial charge in [-0.3, -0.25) is 9.79 Å². The lowest BCUT2D eigenvalue weighted by Gasteiger charge is -2.13. The molecule has 21 heavy (non-hydrogen) atoms. The van der Waals surface area contributed by atoms with Crippen molar-refractivity contribution < 1.29 is 4.79 Å². The van der Waals surface area contributed by atoms with E-state index in [1.165, 1.54) is 32.1 Å². The van der Waals surface area contributed by atoms with Crippen LogP contribution in [0.4, 0.5) is 0 Å². The van der Waals surface area contributed by atoms with Crippen molar-refractivity contribution in [2.75, 3.05) is 33.7 Å². The summed E-state index contributed by atoms with van der Waals surface area (Å²) < 4.78 is 0. The van der Waals surface area contributed by atoms with Crippen LogP contribution in [0.15, 0.2) is 4.99 Å². The first kappa shape index (κ1) is 17.8. The molecule has 1 aliphatic carbocycles. The molecular formula is C16H32N4O. The highest BCUT2D eigenvalue weighted by Crippen LogP contribution is 2.28. The molecule has 0 aromatic carbocycles. The highest BCUT2D eigenvalue weighted by atomic mass is 16.2. The van der Waals surface area contributed by atoms with Crippen molar-refractivity contribution in [1.29, 1.82) is 0 Å². The summed E-state index contributed by atoms with van der Waals surface area (Å²) in [5, 5.41) is 6.45. The Labute approximate surface area is 129 Å². The van der Waals surface area contributed by atoms with Gasteiger partial charge in [-0.1, -0.05) is 25.7 Å². The smallest absolute Gasteiger partial charge is 0.223 e. The topological polar surface area (TPSA) is 56.7 Å². The first-order valence-corrected chi connectivity index (χ1v) is 8.35. The summed E-state index contributed by atoms with van der Waals surface area (Å²) in [6.45, 7) is 4.40. The highest BCUT2D eigenvalue weighted by molar-refractivity contribution is 5.81. The molecule has 5 nitrogen and oxygen atoms in total. The van der Waals surface area contributed by atoms with E-state index in [2.05, 4.69) is 22.5 Å². The number of nitrogens with one attached hydrogen (secondary N) is 2. The number of carbonyl (C=O) groups is 1. The van der Waals surface area contributed by atoms with E-state index in [4.69, 9.17) is 0 Å². The minimum atomic E-state index is 0.139. The van der Waals surface area contributed by atoms with Gasteiger partial charge in [0.15, 0.2) is 5.96 Å². The van der Waals surface area contributed by atoms with Gasteiger partial charge in [0, 0.05) is 40.2 Å². The summed E-state index contributed by atoms with van der Waals surface area (Å²) in [5.74, 6) is 1.91. The predicted octanol–water partition coefficient (Wildman–Crippen LogP) is 1.99. The zero-order chi connectivity index (χ0) is 15.5. The van der Waals surface area contributed by atoms with E-state index in [1.807, 2.05) is 0 Å². The molecule has 1 amide bonds. The van der Waals surface area contributed by atoms with Gasteiger partial charge in [-0.05, 0) is 25.7 Å². The number of nitrogens with zero attached hydrogens (tertiary/aromatic N) is 2.